The summed E-state index contributed by atoms with van der Waals surface area (Å²) in [6.45, 7) is 0. The molecule has 0 heterocycles. The third-order valence-electron chi connectivity index (χ3n) is 4.62. The molecule has 0 spiro atoms. The van der Waals surface area contributed by atoms with Crippen LogP contribution < -0.4 is 27.2 Å². The van der Waals surface area contributed by atoms with Gasteiger partial charge in [0, 0.05) is 0 Å². The molecule has 5 N–H and O–H groups in total. The van der Waals surface area contributed by atoms with Gasteiger partial charge in [0.2, 0.25) is 0 Å². The average Bonchev–Trinajstić information content (AvgIpc) is 2.93. The van der Waals surface area contributed by atoms with Crippen LogP contribution in [-0.2, 0) is 4.79 Å². The summed E-state index contributed by atoms with van der Waals surface area (Å²) in [6, 6.07) is 0. The molecule has 0 aromatic rings. The van der Waals surface area contributed by atoms with Crippen molar-refractivity contribution in [3.63, 3.8) is 0 Å². The molecule has 0 saturated heterocycles. The number of nitrogens with zero attached hydrogens (tertiary/aromatic N) is 1. The molecule has 0 aromatic carbocycles. The van der Waals surface area contributed by atoms with Gasteiger partial charge in [-0.15, -0.1) is 0 Å². The minimum absolute atomic E-state index is 0.0443. The van der Waals surface area contributed by atoms with Crippen molar-refractivity contribution in [2.75, 3.05) is 14.1 Å². The molecule has 2 aliphatic carbocycles. The zero-order chi connectivity index (χ0) is 15.1. The molecular formula is C12H23BIN2O4-. The monoisotopic (exact) mass is 397 g/mol. The molecule has 0 radical (unpaired) electrons. The summed E-state index contributed by atoms with van der Waals surface area (Å²) in [5.41, 5.74) is 5.28. The fourth-order valence-electron chi connectivity index (χ4n) is 3.66. The molecule has 0 amide bonds. The van der Waals surface area contributed by atoms with Gasteiger partial charge in [0.15, 0.2) is 0 Å². The number of alkyl halides is 1. The molecule has 2 saturated carbocycles. The SMILES string of the molecule is CN(C)[I-][C@@]12C[C@@H]1CC(CCCB(O)O)C2(N)C(=O)O. The molecule has 0 aliphatic heterocycles. The Hall–Kier alpha value is 0.105. The summed E-state index contributed by atoms with van der Waals surface area (Å²) in [7, 11) is 2.68. The Balaban J connectivity index is 2.10. The van der Waals surface area contributed by atoms with E-state index in [1.807, 2.05) is 14.1 Å². The first-order chi connectivity index (χ1) is 9.24. The van der Waals surface area contributed by atoms with Gasteiger partial charge in [-0.2, -0.15) is 0 Å². The van der Waals surface area contributed by atoms with E-state index in [0.717, 1.165) is 12.8 Å². The topological polar surface area (TPSA) is 107 Å². The standard InChI is InChI=1S/C12H23BIN2O4/c1-16(2)14-11-7-9(11)6-8(4-3-5-13(19)20)12(11,15)10(17)18/h8-9,19-20H,3-7,15H2,1-2H3,(H,17,18)/q-1/t8?,9-,11-,12?/m0/s1. The van der Waals surface area contributed by atoms with Crippen molar-refractivity contribution in [2.45, 2.75) is 41.0 Å². The van der Waals surface area contributed by atoms with Crippen LogP contribution in [0.4, 0.5) is 0 Å². The van der Waals surface area contributed by atoms with Crippen molar-refractivity contribution in [1.82, 2.24) is 3.11 Å². The first-order valence-electron chi connectivity index (χ1n) is 6.96. The van der Waals surface area contributed by atoms with E-state index in [4.69, 9.17) is 15.8 Å². The van der Waals surface area contributed by atoms with Gasteiger partial charge in [-0.05, 0) is 0 Å². The van der Waals surface area contributed by atoms with Gasteiger partial charge in [-0.1, -0.05) is 0 Å². The molecule has 6 nitrogen and oxygen atoms in total. The maximum absolute atomic E-state index is 11.8. The molecule has 2 unspecified atom stereocenters. The predicted octanol–water partition coefficient (Wildman–Crippen LogP) is -3.63. The molecule has 2 aliphatic rings. The number of aliphatic carboxylic acids is 1. The quantitative estimate of drug-likeness (QED) is 0.153. The Kier molecular flexibility index (Phi) is 4.71. The molecule has 0 aromatic heterocycles. The molecule has 0 bridgehead atoms. The van der Waals surface area contributed by atoms with Crippen molar-refractivity contribution < 1.29 is 41.4 Å². The Morgan fingerprint density at radius 1 is 1.50 bits per heavy atom. The van der Waals surface area contributed by atoms with Gasteiger partial charge in [0.25, 0.3) is 0 Å². The third-order valence-corrected chi connectivity index (χ3v) is 8.66. The first-order valence-corrected chi connectivity index (χ1v) is 9.00. The molecule has 116 valence electrons. The molecule has 20 heavy (non-hydrogen) atoms. The Morgan fingerprint density at radius 3 is 2.65 bits per heavy atom. The molecular weight excluding hydrogens is 374 g/mol. The fraction of sp³-hybridized carbons (Fsp3) is 0.917. The van der Waals surface area contributed by atoms with Crippen molar-refractivity contribution in [3.8, 4) is 0 Å². The van der Waals surface area contributed by atoms with Crippen molar-refractivity contribution in [1.29, 1.82) is 0 Å². The molecule has 4 atom stereocenters. The summed E-state index contributed by atoms with van der Waals surface area (Å²) in [6.07, 6.45) is 3.37. The van der Waals surface area contributed by atoms with E-state index in [1.54, 1.807) is 0 Å². The van der Waals surface area contributed by atoms with Crippen LogP contribution in [0.3, 0.4) is 0 Å². The maximum atomic E-state index is 11.8. The number of halogens is 1. The van der Waals surface area contributed by atoms with Crippen LogP contribution in [0.15, 0.2) is 0 Å². The van der Waals surface area contributed by atoms with Crippen LogP contribution in [0.2, 0.25) is 6.32 Å². The van der Waals surface area contributed by atoms with Crippen molar-refractivity contribution in [2.24, 2.45) is 17.6 Å². The zero-order valence-corrected chi connectivity index (χ0v) is 14.1. The van der Waals surface area contributed by atoms with Gasteiger partial charge in [0.1, 0.15) is 0 Å². The predicted molar refractivity (Wildman–Crippen MR) is 71.4 cm³/mol. The number of fused-ring (bicyclic) bond motifs is 1. The fourth-order valence-corrected chi connectivity index (χ4v) is 7.83. The molecule has 8 heteroatoms. The van der Waals surface area contributed by atoms with Crippen molar-refractivity contribution in [3.05, 3.63) is 0 Å². The summed E-state index contributed by atoms with van der Waals surface area (Å²) >= 11 is -0.398. The van der Waals surface area contributed by atoms with E-state index >= 15 is 0 Å². The normalized spacial score (nSPS) is 39.1. The first kappa shape index (κ1) is 16.5. The van der Waals surface area contributed by atoms with E-state index < -0.39 is 40.1 Å². The number of rotatable bonds is 7. The van der Waals surface area contributed by atoms with E-state index in [2.05, 4.69) is 3.11 Å². The summed E-state index contributed by atoms with van der Waals surface area (Å²) < 4.78 is 1.94. The second-order valence-corrected chi connectivity index (χ2v) is 10.5. The van der Waals surface area contributed by atoms with E-state index in [0.29, 0.717) is 18.8 Å². The number of carboxylic acids is 1. The van der Waals surface area contributed by atoms with Crippen molar-refractivity contribution >= 4 is 13.1 Å². The number of hydrogen-bond acceptors (Lipinski definition) is 5. The number of carboxylic acid groups (broad SMARTS) is 1. The second kappa shape index (κ2) is 5.71. The van der Waals surface area contributed by atoms with E-state index in [1.165, 1.54) is 0 Å². The van der Waals surface area contributed by atoms with Gasteiger partial charge < -0.3 is 0 Å². The van der Waals surface area contributed by atoms with Gasteiger partial charge >= 0.3 is 130 Å². The Labute approximate surface area is 130 Å². The number of carbonyl (C=O) groups is 1. The van der Waals surface area contributed by atoms with Crippen LogP contribution >= 0.6 is 0 Å². The second-order valence-electron chi connectivity index (χ2n) is 6.15. The van der Waals surface area contributed by atoms with Crippen LogP contribution in [0, 0.1) is 11.8 Å². The molecule has 2 rings (SSSR count). The van der Waals surface area contributed by atoms with E-state index in [-0.39, 0.29) is 15.7 Å². The van der Waals surface area contributed by atoms with Crippen LogP contribution in [-0.4, -0.2) is 54.4 Å². The zero-order valence-electron chi connectivity index (χ0n) is 11.9. The average molecular weight is 397 g/mol. The van der Waals surface area contributed by atoms with Gasteiger partial charge in [0.05, 0.1) is 0 Å². The Bertz CT molecular complexity index is 398. The summed E-state index contributed by atoms with van der Waals surface area (Å²) in [5.74, 6) is -0.478. The molecule has 2 fully saturated rings. The van der Waals surface area contributed by atoms with Crippen LogP contribution in [0.5, 0.6) is 0 Å². The summed E-state index contributed by atoms with van der Waals surface area (Å²) in [4.78, 5) is 11.8. The van der Waals surface area contributed by atoms with Crippen LogP contribution in [0.1, 0.15) is 25.7 Å². The number of nitrogens with two attached hydrogens (primary N) is 1. The number of hydrogen-bond donors (Lipinski definition) is 4. The summed E-state index contributed by atoms with van der Waals surface area (Å²) in [5, 5.41) is 27.5. The van der Waals surface area contributed by atoms with Crippen LogP contribution in [0.25, 0.3) is 0 Å². The third kappa shape index (κ3) is 2.60. The van der Waals surface area contributed by atoms with Gasteiger partial charge in [-0.3, -0.25) is 0 Å². The van der Waals surface area contributed by atoms with Gasteiger partial charge in [-0.25, -0.2) is 0 Å². The van der Waals surface area contributed by atoms with E-state index in [9.17, 15) is 9.90 Å². The Morgan fingerprint density at radius 2 is 2.15 bits per heavy atom. The minimum atomic E-state index is -1.31.